The van der Waals surface area contributed by atoms with Gasteiger partial charge in [0, 0.05) is 39.3 Å². The van der Waals surface area contributed by atoms with E-state index in [1.165, 1.54) is 0 Å². The summed E-state index contributed by atoms with van der Waals surface area (Å²) in [6.45, 7) is 8.07. The Hall–Kier alpha value is -0.650. The third-order valence-corrected chi connectivity index (χ3v) is 3.19. The molecule has 0 unspecified atom stereocenters. The Bertz CT molecular complexity index is 229. The molecule has 0 aromatic rings. The van der Waals surface area contributed by atoms with Crippen LogP contribution in [-0.2, 0) is 9.53 Å². The molecule has 5 nitrogen and oxygen atoms in total. The molecule has 1 amide bonds. The molecule has 2 aliphatic heterocycles. The minimum atomic E-state index is 0.244. The summed E-state index contributed by atoms with van der Waals surface area (Å²) in [6.07, 6.45) is 1.08. The molecule has 0 aromatic carbocycles. The molecule has 2 heterocycles. The Morgan fingerprint density at radius 1 is 1.19 bits per heavy atom. The molecule has 2 fully saturated rings. The van der Waals surface area contributed by atoms with Crippen LogP contribution in [0.25, 0.3) is 0 Å². The molecule has 0 spiro atoms. The first-order chi connectivity index (χ1) is 7.86. The monoisotopic (exact) mass is 227 g/mol. The molecule has 0 bridgehead atoms. The molecule has 2 aliphatic rings. The van der Waals surface area contributed by atoms with Gasteiger partial charge in [0.1, 0.15) is 0 Å². The highest BCUT2D eigenvalue weighted by Crippen LogP contribution is 2.01. The topological polar surface area (TPSA) is 44.8 Å². The normalized spacial score (nSPS) is 23.8. The maximum absolute atomic E-state index is 11.5. The number of nitrogens with zero attached hydrogens (tertiary/aromatic N) is 2. The number of hydrogen-bond donors (Lipinski definition) is 1. The van der Waals surface area contributed by atoms with Crippen molar-refractivity contribution in [1.29, 1.82) is 0 Å². The van der Waals surface area contributed by atoms with Gasteiger partial charge >= 0.3 is 0 Å². The third-order valence-electron chi connectivity index (χ3n) is 3.19. The molecular weight excluding hydrogens is 206 g/mol. The van der Waals surface area contributed by atoms with Gasteiger partial charge in [-0.3, -0.25) is 9.69 Å². The van der Waals surface area contributed by atoms with Crippen LogP contribution in [0.1, 0.15) is 6.42 Å². The van der Waals surface area contributed by atoms with Crippen LogP contribution in [0.4, 0.5) is 0 Å². The molecule has 0 aliphatic carbocycles. The molecule has 0 aromatic heterocycles. The first-order valence-electron chi connectivity index (χ1n) is 6.15. The first-order valence-corrected chi connectivity index (χ1v) is 6.15. The maximum atomic E-state index is 11.5. The van der Waals surface area contributed by atoms with Crippen LogP contribution in [0.2, 0.25) is 0 Å². The number of piperazine rings is 1. The maximum Gasteiger partial charge on any atom is 0.236 e. The minimum Gasteiger partial charge on any atom is -0.379 e. The van der Waals surface area contributed by atoms with Gasteiger partial charge in [0.2, 0.25) is 5.91 Å². The summed E-state index contributed by atoms with van der Waals surface area (Å²) < 4.78 is 5.30. The van der Waals surface area contributed by atoms with E-state index >= 15 is 0 Å². The molecule has 2 rings (SSSR count). The zero-order valence-electron chi connectivity index (χ0n) is 9.78. The Labute approximate surface area is 96.7 Å². The van der Waals surface area contributed by atoms with Crippen LogP contribution >= 0.6 is 0 Å². The largest absolute Gasteiger partial charge is 0.379 e. The summed E-state index contributed by atoms with van der Waals surface area (Å²) in [4.78, 5) is 15.9. The van der Waals surface area contributed by atoms with Gasteiger partial charge in [0.05, 0.1) is 19.8 Å². The van der Waals surface area contributed by atoms with Gasteiger partial charge in [0.25, 0.3) is 0 Å². The first kappa shape index (κ1) is 11.8. The highest BCUT2D eigenvalue weighted by atomic mass is 16.5. The van der Waals surface area contributed by atoms with E-state index in [0.717, 1.165) is 58.9 Å². The molecule has 0 radical (unpaired) electrons. The van der Waals surface area contributed by atoms with Crippen molar-refractivity contribution in [3.05, 3.63) is 0 Å². The van der Waals surface area contributed by atoms with Crippen LogP contribution in [0.5, 0.6) is 0 Å². The summed E-state index contributed by atoms with van der Waals surface area (Å²) in [6, 6.07) is 0. The average molecular weight is 227 g/mol. The van der Waals surface area contributed by atoms with E-state index in [1.54, 1.807) is 0 Å². The molecule has 0 atom stereocenters. The lowest BCUT2D eigenvalue weighted by Crippen LogP contribution is -2.48. The van der Waals surface area contributed by atoms with E-state index < -0.39 is 0 Å². The molecule has 2 saturated heterocycles. The summed E-state index contributed by atoms with van der Waals surface area (Å²) in [5, 5.41) is 3.09. The lowest BCUT2D eigenvalue weighted by atomic mass is 10.3. The van der Waals surface area contributed by atoms with Crippen LogP contribution < -0.4 is 5.32 Å². The zero-order valence-corrected chi connectivity index (χ0v) is 9.78. The lowest BCUT2D eigenvalue weighted by molar-refractivity contribution is -0.132. The molecule has 0 saturated carbocycles. The fraction of sp³-hybridized carbons (Fsp3) is 0.909. The van der Waals surface area contributed by atoms with Gasteiger partial charge in [-0.05, 0) is 6.42 Å². The zero-order chi connectivity index (χ0) is 11.2. The smallest absolute Gasteiger partial charge is 0.236 e. The van der Waals surface area contributed by atoms with Crippen molar-refractivity contribution in [3.8, 4) is 0 Å². The predicted molar refractivity (Wildman–Crippen MR) is 61.3 cm³/mol. The van der Waals surface area contributed by atoms with Crippen molar-refractivity contribution >= 4 is 5.91 Å². The van der Waals surface area contributed by atoms with E-state index in [2.05, 4.69) is 10.2 Å². The third kappa shape index (κ3) is 3.43. The van der Waals surface area contributed by atoms with E-state index in [0.29, 0.717) is 6.54 Å². The average Bonchev–Trinajstić information content (AvgIpc) is 2.33. The van der Waals surface area contributed by atoms with E-state index in [-0.39, 0.29) is 5.91 Å². The van der Waals surface area contributed by atoms with Crippen molar-refractivity contribution in [2.24, 2.45) is 0 Å². The molecule has 16 heavy (non-hydrogen) atoms. The van der Waals surface area contributed by atoms with Crippen molar-refractivity contribution in [1.82, 2.24) is 15.1 Å². The highest BCUT2D eigenvalue weighted by molar-refractivity contribution is 5.78. The lowest BCUT2D eigenvalue weighted by Gasteiger charge is -2.30. The number of carbonyl (C=O) groups excluding carboxylic acids is 1. The number of ether oxygens (including phenoxy) is 1. The van der Waals surface area contributed by atoms with Crippen molar-refractivity contribution in [3.63, 3.8) is 0 Å². The highest BCUT2D eigenvalue weighted by Gasteiger charge is 2.17. The minimum absolute atomic E-state index is 0.244. The van der Waals surface area contributed by atoms with E-state index in [1.807, 2.05) is 4.90 Å². The van der Waals surface area contributed by atoms with Gasteiger partial charge in [0.15, 0.2) is 0 Å². The fourth-order valence-electron chi connectivity index (χ4n) is 2.19. The molecule has 5 heteroatoms. The Morgan fingerprint density at radius 3 is 2.75 bits per heavy atom. The van der Waals surface area contributed by atoms with E-state index in [9.17, 15) is 4.79 Å². The number of rotatable bonds is 4. The van der Waals surface area contributed by atoms with Gasteiger partial charge < -0.3 is 15.0 Å². The number of carbonyl (C=O) groups is 1. The van der Waals surface area contributed by atoms with Crippen molar-refractivity contribution < 1.29 is 9.53 Å². The summed E-state index contributed by atoms with van der Waals surface area (Å²) in [7, 11) is 0. The van der Waals surface area contributed by atoms with Crippen LogP contribution in [-0.4, -0.2) is 74.7 Å². The summed E-state index contributed by atoms with van der Waals surface area (Å²) >= 11 is 0. The summed E-state index contributed by atoms with van der Waals surface area (Å²) in [5.74, 6) is 0.244. The number of hydrogen-bond acceptors (Lipinski definition) is 4. The fourth-order valence-corrected chi connectivity index (χ4v) is 2.19. The van der Waals surface area contributed by atoms with Gasteiger partial charge in [-0.25, -0.2) is 0 Å². The van der Waals surface area contributed by atoms with E-state index in [4.69, 9.17) is 4.74 Å². The molecular formula is C11H21N3O2. The Balaban J connectivity index is 1.61. The summed E-state index contributed by atoms with van der Waals surface area (Å²) in [5.41, 5.74) is 0. The van der Waals surface area contributed by atoms with Crippen LogP contribution in [0, 0.1) is 0 Å². The van der Waals surface area contributed by atoms with Gasteiger partial charge in [-0.15, -0.1) is 0 Å². The predicted octanol–water partition coefficient (Wildman–Crippen LogP) is -0.859. The SMILES string of the molecule is O=C1CNCCN1CCCN1CCOCC1. The second-order valence-corrected chi connectivity index (χ2v) is 4.37. The second kappa shape index (κ2) is 6.18. The Kier molecular flexibility index (Phi) is 4.56. The van der Waals surface area contributed by atoms with Crippen molar-refractivity contribution in [2.45, 2.75) is 6.42 Å². The number of nitrogens with one attached hydrogen (secondary N) is 1. The number of morpholine rings is 1. The van der Waals surface area contributed by atoms with Gasteiger partial charge in [-0.2, -0.15) is 0 Å². The second-order valence-electron chi connectivity index (χ2n) is 4.37. The Morgan fingerprint density at radius 2 is 2.00 bits per heavy atom. The van der Waals surface area contributed by atoms with Gasteiger partial charge in [-0.1, -0.05) is 0 Å². The molecule has 92 valence electrons. The number of amides is 1. The van der Waals surface area contributed by atoms with Crippen LogP contribution in [0.3, 0.4) is 0 Å². The standard InChI is InChI=1S/C11H21N3O2/c15-11-10-12-2-5-14(11)4-1-3-13-6-8-16-9-7-13/h12H,1-10H2. The quantitative estimate of drug-likeness (QED) is 0.679. The van der Waals surface area contributed by atoms with Crippen LogP contribution in [0.15, 0.2) is 0 Å². The molecule has 1 N–H and O–H groups in total. The van der Waals surface area contributed by atoms with Crippen molar-refractivity contribution in [2.75, 3.05) is 59.0 Å².